The number of pyridine rings is 1. The van der Waals surface area contributed by atoms with Crippen molar-refractivity contribution in [1.29, 1.82) is 0 Å². The molecular formula is C9H5Cl2NO2S. The highest BCUT2D eigenvalue weighted by Crippen LogP contribution is 2.26. The first-order chi connectivity index (χ1) is 6.98. The summed E-state index contributed by atoms with van der Waals surface area (Å²) in [5.74, 6) is 0. The number of nitrogens with zero attached hydrogens (tertiary/aromatic N) is 1. The van der Waals surface area contributed by atoms with Crippen molar-refractivity contribution in [3.63, 3.8) is 0 Å². The quantitative estimate of drug-likeness (QED) is 0.742. The minimum absolute atomic E-state index is 0.0312. The van der Waals surface area contributed by atoms with Gasteiger partial charge in [-0.1, -0.05) is 29.8 Å². The van der Waals surface area contributed by atoms with Crippen LogP contribution in [0.4, 0.5) is 0 Å². The van der Waals surface area contributed by atoms with Gasteiger partial charge in [-0.15, -0.1) is 0 Å². The summed E-state index contributed by atoms with van der Waals surface area (Å²) in [5.41, 5.74) is 0.543. The van der Waals surface area contributed by atoms with Crippen molar-refractivity contribution in [2.75, 3.05) is 0 Å². The number of aromatic nitrogens is 1. The predicted molar refractivity (Wildman–Crippen MR) is 59.8 cm³/mol. The fourth-order valence-corrected chi connectivity index (χ4v) is 2.68. The number of para-hydroxylation sites is 1. The number of benzene rings is 1. The van der Waals surface area contributed by atoms with Gasteiger partial charge in [0.2, 0.25) is 0 Å². The molecule has 0 aliphatic carbocycles. The first-order valence-electron chi connectivity index (χ1n) is 3.98. The lowest BCUT2D eigenvalue weighted by Gasteiger charge is -2.01. The third kappa shape index (κ3) is 2.07. The van der Waals surface area contributed by atoms with E-state index < -0.39 is 9.05 Å². The van der Waals surface area contributed by atoms with Crippen LogP contribution in [0.2, 0.25) is 5.02 Å². The van der Waals surface area contributed by atoms with Crippen molar-refractivity contribution in [3.05, 3.63) is 35.4 Å². The van der Waals surface area contributed by atoms with Crippen LogP contribution < -0.4 is 0 Å². The van der Waals surface area contributed by atoms with Gasteiger partial charge in [0.15, 0.2) is 5.03 Å². The predicted octanol–water partition coefficient (Wildman–Crippen LogP) is 2.82. The molecule has 0 spiro atoms. The first-order valence-corrected chi connectivity index (χ1v) is 6.67. The normalized spacial score (nSPS) is 11.9. The van der Waals surface area contributed by atoms with Crippen molar-refractivity contribution in [3.8, 4) is 0 Å². The molecule has 1 aromatic heterocycles. The molecule has 2 aromatic rings. The minimum Gasteiger partial charge on any atom is -0.234 e. The van der Waals surface area contributed by atoms with E-state index in [2.05, 4.69) is 4.98 Å². The van der Waals surface area contributed by atoms with Gasteiger partial charge in [0.25, 0.3) is 9.05 Å². The SMILES string of the molecule is O=S(=O)(Cl)c1nc2ccccc2cc1Cl. The Labute approximate surface area is 96.1 Å². The summed E-state index contributed by atoms with van der Waals surface area (Å²) in [6, 6.07) is 8.58. The average molecular weight is 262 g/mol. The monoisotopic (exact) mass is 261 g/mol. The molecule has 15 heavy (non-hydrogen) atoms. The fraction of sp³-hybridized carbons (Fsp3) is 0. The lowest BCUT2D eigenvalue weighted by atomic mass is 10.2. The van der Waals surface area contributed by atoms with Crippen LogP contribution in [0.5, 0.6) is 0 Å². The zero-order valence-corrected chi connectivity index (χ0v) is 9.64. The molecule has 0 aliphatic rings. The second kappa shape index (κ2) is 3.63. The van der Waals surface area contributed by atoms with Crippen LogP contribution in [0, 0.1) is 0 Å². The molecule has 78 valence electrons. The highest BCUT2D eigenvalue weighted by atomic mass is 35.7. The molecule has 0 fully saturated rings. The molecule has 0 radical (unpaired) electrons. The molecule has 0 saturated carbocycles. The second-order valence-electron chi connectivity index (χ2n) is 2.91. The average Bonchev–Trinajstić information content (AvgIpc) is 2.15. The third-order valence-corrected chi connectivity index (χ3v) is 3.49. The van der Waals surface area contributed by atoms with Crippen LogP contribution in [-0.4, -0.2) is 13.4 Å². The van der Waals surface area contributed by atoms with Crippen molar-refractivity contribution >= 4 is 42.2 Å². The van der Waals surface area contributed by atoms with Crippen LogP contribution >= 0.6 is 22.3 Å². The van der Waals surface area contributed by atoms with Crippen LogP contribution in [0.15, 0.2) is 35.4 Å². The van der Waals surface area contributed by atoms with Gasteiger partial charge in [0.1, 0.15) is 0 Å². The zero-order chi connectivity index (χ0) is 11.1. The number of hydrogen-bond donors (Lipinski definition) is 0. The van der Waals surface area contributed by atoms with Gasteiger partial charge in [0.05, 0.1) is 10.5 Å². The Balaban J connectivity index is 2.84. The second-order valence-corrected chi connectivity index (χ2v) is 5.79. The summed E-state index contributed by atoms with van der Waals surface area (Å²) in [7, 11) is 1.29. The van der Waals surface area contributed by atoms with Gasteiger partial charge in [-0.25, -0.2) is 13.4 Å². The van der Waals surface area contributed by atoms with Crippen molar-refractivity contribution in [1.82, 2.24) is 4.98 Å². The summed E-state index contributed by atoms with van der Waals surface area (Å²) in [6.45, 7) is 0. The van der Waals surface area contributed by atoms with E-state index in [0.717, 1.165) is 5.39 Å². The standard InChI is InChI=1S/C9H5Cl2NO2S/c10-7-5-6-3-1-2-4-8(6)12-9(7)15(11,13)14/h1-5H. The molecule has 6 heteroatoms. The van der Waals surface area contributed by atoms with E-state index in [1.54, 1.807) is 18.2 Å². The molecule has 0 amide bonds. The van der Waals surface area contributed by atoms with E-state index in [0.29, 0.717) is 5.52 Å². The summed E-state index contributed by atoms with van der Waals surface area (Å²) >= 11 is 5.76. The van der Waals surface area contributed by atoms with Crippen LogP contribution in [-0.2, 0) is 9.05 Å². The molecule has 0 N–H and O–H groups in total. The lowest BCUT2D eigenvalue weighted by Crippen LogP contribution is -1.96. The van der Waals surface area contributed by atoms with Crippen molar-refractivity contribution < 1.29 is 8.42 Å². The molecule has 1 heterocycles. The number of halogens is 2. The van der Waals surface area contributed by atoms with E-state index in [1.165, 1.54) is 6.07 Å². The molecule has 0 saturated heterocycles. The van der Waals surface area contributed by atoms with Gasteiger partial charge in [0, 0.05) is 16.1 Å². The van der Waals surface area contributed by atoms with E-state index in [1.807, 2.05) is 6.07 Å². The lowest BCUT2D eigenvalue weighted by molar-refractivity contribution is 0.606. The zero-order valence-electron chi connectivity index (χ0n) is 7.31. The topological polar surface area (TPSA) is 47.0 Å². The summed E-state index contributed by atoms with van der Waals surface area (Å²) in [6.07, 6.45) is 0. The van der Waals surface area contributed by atoms with Crippen LogP contribution in [0.3, 0.4) is 0 Å². The third-order valence-electron chi connectivity index (χ3n) is 1.88. The fourth-order valence-electron chi connectivity index (χ4n) is 1.24. The van der Waals surface area contributed by atoms with Crippen LogP contribution in [0.1, 0.15) is 0 Å². The highest BCUT2D eigenvalue weighted by molar-refractivity contribution is 8.13. The van der Waals surface area contributed by atoms with Crippen molar-refractivity contribution in [2.24, 2.45) is 0 Å². The molecule has 2 rings (SSSR count). The van der Waals surface area contributed by atoms with E-state index in [-0.39, 0.29) is 10.0 Å². The Morgan fingerprint density at radius 3 is 2.53 bits per heavy atom. The smallest absolute Gasteiger partial charge is 0.234 e. The van der Waals surface area contributed by atoms with Gasteiger partial charge >= 0.3 is 0 Å². The van der Waals surface area contributed by atoms with Crippen molar-refractivity contribution in [2.45, 2.75) is 5.03 Å². The molecule has 0 aliphatic heterocycles. The highest BCUT2D eigenvalue weighted by Gasteiger charge is 2.17. The van der Waals surface area contributed by atoms with Gasteiger partial charge in [-0.3, -0.25) is 0 Å². The molecule has 1 aromatic carbocycles. The summed E-state index contributed by atoms with van der Waals surface area (Å²) in [4.78, 5) is 3.89. The molecular weight excluding hydrogens is 257 g/mol. The Bertz CT molecular complexity index is 625. The van der Waals surface area contributed by atoms with E-state index in [4.69, 9.17) is 22.3 Å². The van der Waals surface area contributed by atoms with Gasteiger partial charge < -0.3 is 0 Å². The maximum atomic E-state index is 11.1. The summed E-state index contributed by atoms with van der Waals surface area (Å²) in [5, 5.41) is 0.500. The summed E-state index contributed by atoms with van der Waals surface area (Å²) < 4.78 is 22.2. The molecule has 0 unspecified atom stereocenters. The first kappa shape index (κ1) is 10.7. The Hall–Kier alpha value is -0.840. The maximum absolute atomic E-state index is 11.1. The number of fused-ring (bicyclic) bond motifs is 1. The van der Waals surface area contributed by atoms with Gasteiger partial charge in [-0.05, 0) is 12.1 Å². The molecule has 0 bridgehead atoms. The molecule has 3 nitrogen and oxygen atoms in total. The number of hydrogen-bond acceptors (Lipinski definition) is 3. The maximum Gasteiger partial charge on any atom is 0.280 e. The Kier molecular flexibility index (Phi) is 2.58. The van der Waals surface area contributed by atoms with Gasteiger partial charge in [-0.2, -0.15) is 0 Å². The Morgan fingerprint density at radius 1 is 1.20 bits per heavy atom. The largest absolute Gasteiger partial charge is 0.280 e. The minimum atomic E-state index is -3.90. The van der Waals surface area contributed by atoms with E-state index in [9.17, 15) is 8.42 Å². The Morgan fingerprint density at radius 2 is 1.87 bits per heavy atom. The van der Waals surface area contributed by atoms with Crippen LogP contribution in [0.25, 0.3) is 10.9 Å². The number of rotatable bonds is 1. The molecule has 0 atom stereocenters. The van der Waals surface area contributed by atoms with E-state index >= 15 is 0 Å².